The molecule has 1 fully saturated rings. The molecule has 1 N–H and O–H groups in total. The SMILES string of the molecule is C=CC(O)C1CCC(CCCCC)CC1. The van der Waals surface area contributed by atoms with E-state index in [4.69, 9.17) is 0 Å². The van der Waals surface area contributed by atoms with Crippen LogP contribution in [0.3, 0.4) is 0 Å². The van der Waals surface area contributed by atoms with Crippen LogP contribution in [0.4, 0.5) is 0 Å². The summed E-state index contributed by atoms with van der Waals surface area (Å²) in [5.74, 6) is 1.43. The normalized spacial score (nSPS) is 28.7. The Kier molecular flexibility index (Phi) is 6.00. The number of unbranched alkanes of at least 4 members (excludes halogenated alkanes) is 2. The van der Waals surface area contributed by atoms with Crippen LogP contribution in [0.2, 0.25) is 0 Å². The average Bonchev–Trinajstić information content (AvgIpc) is 2.29. The van der Waals surface area contributed by atoms with E-state index in [1.807, 2.05) is 0 Å². The van der Waals surface area contributed by atoms with Crippen LogP contribution in [0, 0.1) is 11.8 Å². The van der Waals surface area contributed by atoms with Crippen LogP contribution in [0.25, 0.3) is 0 Å². The van der Waals surface area contributed by atoms with Gasteiger partial charge in [-0.1, -0.05) is 51.5 Å². The average molecular weight is 210 g/mol. The summed E-state index contributed by atoms with van der Waals surface area (Å²) in [4.78, 5) is 0. The van der Waals surface area contributed by atoms with E-state index in [-0.39, 0.29) is 6.10 Å². The van der Waals surface area contributed by atoms with Gasteiger partial charge in [-0.25, -0.2) is 0 Å². The van der Waals surface area contributed by atoms with Crippen LogP contribution in [-0.4, -0.2) is 11.2 Å². The first kappa shape index (κ1) is 12.8. The first-order valence-electron chi connectivity index (χ1n) is 6.58. The van der Waals surface area contributed by atoms with E-state index in [0.717, 1.165) is 5.92 Å². The Labute approximate surface area is 94.6 Å². The number of aliphatic hydroxyl groups excluding tert-OH is 1. The molecule has 1 rings (SSSR count). The molecule has 1 aliphatic carbocycles. The summed E-state index contributed by atoms with van der Waals surface area (Å²) in [5, 5.41) is 9.67. The Balaban J connectivity index is 2.15. The molecule has 1 heteroatoms. The van der Waals surface area contributed by atoms with E-state index in [2.05, 4.69) is 13.5 Å². The second-order valence-electron chi connectivity index (χ2n) is 5.00. The van der Waals surface area contributed by atoms with Gasteiger partial charge in [0.05, 0.1) is 6.10 Å². The van der Waals surface area contributed by atoms with Crippen molar-refractivity contribution in [3.63, 3.8) is 0 Å². The van der Waals surface area contributed by atoms with E-state index in [0.29, 0.717) is 5.92 Å². The molecule has 1 atom stereocenters. The second kappa shape index (κ2) is 7.05. The summed E-state index contributed by atoms with van der Waals surface area (Å²) in [6.45, 7) is 5.93. The van der Waals surface area contributed by atoms with Crippen LogP contribution in [0.1, 0.15) is 58.3 Å². The van der Waals surface area contributed by atoms with Crippen molar-refractivity contribution in [1.82, 2.24) is 0 Å². The minimum Gasteiger partial charge on any atom is -0.389 e. The molecule has 0 heterocycles. The Hall–Kier alpha value is -0.300. The molecule has 0 saturated heterocycles. The largest absolute Gasteiger partial charge is 0.389 e. The molecule has 0 bridgehead atoms. The van der Waals surface area contributed by atoms with Gasteiger partial charge >= 0.3 is 0 Å². The fraction of sp³-hybridized carbons (Fsp3) is 0.857. The van der Waals surface area contributed by atoms with Gasteiger partial charge in [0.15, 0.2) is 0 Å². The third-order valence-corrected chi connectivity index (χ3v) is 3.83. The maximum Gasteiger partial charge on any atom is 0.0746 e. The lowest BCUT2D eigenvalue weighted by molar-refractivity contribution is 0.108. The number of hydrogen-bond acceptors (Lipinski definition) is 1. The van der Waals surface area contributed by atoms with Gasteiger partial charge in [-0.15, -0.1) is 6.58 Å². The van der Waals surface area contributed by atoms with Gasteiger partial charge in [-0.05, 0) is 24.7 Å². The molecular formula is C14H26O. The molecule has 0 aromatic carbocycles. The third kappa shape index (κ3) is 4.38. The van der Waals surface area contributed by atoms with Crippen molar-refractivity contribution < 1.29 is 5.11 Å². The highest BCUT2D eigenvalue weighted by Crippen LogP contribution is 2.33. The molecule has 0 amide bonds. The molecule has 88 valence electrons. The molecule has 1 unspecified atom stereocenters. The van der Waals surface area contributed by atoms with E-state index in [9.17, 15) is 5.11 Å². The monoisotopic (exact) mass is 210 g/mol. The van der Waals surface area contributed by atoms with Crippen LogP contribution >= 0.6 is 0 Å². The minimum atomic E-state index is -0.262. The predicted molar refractivity (Wildman–Crippen MR) is 65.8 cm³/mol. The van der Waals surface area contributed by atoms with Crippen molar-refractivity contribution in [3.8, 4) is 0 Å². The fourth-order valence-corrected chi connectivity index (χ4v) is 2.69. The van der Waals surface area contributed by atoms with Crippen LogP contribution in [0.5, 0.6) is 0 Å². The summed E-state index contributed by atoms with van der Waals surface area (Å²) in [5.41, 5.74) is 0. The summed E-state index contributed by atoms with van der Waals surface area (Å²) in [6, 6.07) is 0. The molecule has 0 aromatic heterocycles. The van der Waals surface area contributed by atoms with E-state index in [1.54, 1.807) is 6.08 Å². The molecule has 0 aromatic rings. The Morgan fingerprint density at radius 1 is 1.27 bits per heavy atom. The van der Waals surface area contributed by atoms with Crippen molar-refractivity contribution in [1.29, 1.82) is 0 Å². The lowest BCUT2D eigenvalue weighted by atomic mass is 9.77. The standard InChI is InChI=1S/C14H26O/c1-3-5-6-7-12-8-10-13(11-9-12)14(15)4-2/h4,12-15H,2-3,5-11H2,1H3. The molecule has 15 heavy (non-hydrogen) atoms. The Morgan fingerprint density at radius 3 is 2.47 bits per heavy atom. The Morgan fingerprint density at radius 2 is 1.93 bits per heavy atom. The highest BCUT2D eigenvalue weighted by atomic mass is 16.3. The van der Waals surface area contributed by atoms with Gasteiger partial charge in [-0.3, -0.25) is 0 Å². The number of hydrogen-bond donors (Lipinski definition) is 1. The molecule has 1 nitrogen and oxygen atoms in total. The van der Waals surface area contributed by atoms with Crippen molar-refractivity contribution >= 4 is 0 Å². The molecule has 0 spiro atoms. The fourth-order valence-electron chi connectivity index (χ4n) is 2.69. The number of rotatable bonds is 6. The lowest BCUT2D eigenvalue weighted by Crippen LogP contribution is -2.24. The lowest BCUT2D eigenvalue weighted by Gasteiger charge is -2.30. The van der Waals surface area contributed by atoms with Crippen LogP contribution in [0.15, 0.2) is 12.7 Å². The topological polar surface area (TPSA) is 20.2 Å². The van der Waals surface area contributed by atoms with Gasteiger partial charge in [0.2, 0.25) is 0 Å². The quantitative estimate of drug-likeness (QED) is 0.520. The maximum atomic E-state index is 9.67. The van der Waals surface area contributed by atoms with Crippen molar-refractivity contribution in [3.05, 3.63) is 12.7 Å². The zero-order valence-electron chi connectivity index (χ0n) is 10.1. The smallest absolute Gasteiger partial charge is 0.0746 e. The molecule has 1 saturated carbocycles. The highest BCUT2D eigenvalue weighted by Gasteiger charge is 2.24. The van der Waals surface area contributed by atoms with Gasteiger partial charge in [-0.2, -0.15) is 0 Å². The van der Waals surface area contributed by atoms with Gasteiger partial charge < -0.3 is 5.11 Å². The molecule has 0 radical (unpaired) electrons. The third-order valence-electron chi connectivity index (χ3n) is 3.83. The zero-order chi connectivity index (χ0) is 11.1. The summed E-state index contributed by atoms with van der Waals surface area (Å²) >= 11 is 0. The molecular weight excluding hydrogens is 184 g/mol. The van der Waals surface area contributed by atoms with Crippen molar-refractivity contribution in [2.75, 3.05) is 0 Å². The van der Waals surface area contributed by atoms with E-state index < -0.39 is 0 Å². The molecule has 0 aliphatic heterocycles. The summed E-state index contributed by atoms with van der Waals surface area (Å²) in [6.07, 6.45) is 12.0. The van der Waals surface area contributed by atoms with E-state index in [1.165, 1.54) is 51.4 Å². The number of aliphatic hydroxyl groups is 1. The van der Waals surface area contributed by atoms with Gasteiger partial charge in [0.1, 0.15) is 0 Å². The van der Waals surface area contributed by atoms with Crippen molar-refractivity contribution in [2.24, 2.45) is 11.8 Å². The van der Waals surface area contributed by atoms with Gasteiger partial charge in [0, 0.05) is 0 Å². The van der Waals surface area contributed by atoms with Crippen LogP contribution in [-0.2, 0) is 0 Å². The maximum absolute atomic E-state index is 9.67. The Bertz CT molecular complexity index is 168. The highest BCUT2D eigenvalue weighted by molar-refractivity contribution is 4.87. The van der Waals surface area contributed by atoms with E-state index >= 15 is 0 Å². The van der Waals surface area contributed by atoms with Crippen LogP contribution < -0.4 is 0 Å². The second-order valence-corrected chi connectivity index (χ2v) is 5.00. The minimum absolute atomic E-state index is 0.262. The zero-order valence-corrected chi connectivity index (χ0v) is 10.1. The van der Waals surface area contributed by atoms with Crippen molar-refractivity contribution in [2.45, 2.75) is 64.4 Å². The predicted octanol–water partition coefficient (Wildman–Crippen LogP) is 3.92. The summed E-state index contributed by atoms with van der Waals surface area (Å²) in [7, 11) is 0. The first-order valence-corrected chi connectivity index (χ1v) is 6.58. The summed E-state index contributed by atoms with van der Waals surface area (Å²) < 4.78 is 0. The van der Waals surface area contributed by atoms with Gasteiger partial charge in [0.25, 0.3) is 0 Å². The molecule has 1 aliphatic rings. The first-order chi connectivity index (χ1) is 7.27.